The van der Waals surface area contributed by atoms with E-state index < -0.39 is 29.0 Å². The fourth-order valence-electron chi connectivity index (χ4n) is 3.05. The van der Waals surface area contributed by atoms with Gasteiger partial charge < -0.3 is 9.15 Å². The highest BCUT2D eigenvalue weighted by atomic mass is 19.1. The zero-order valence-electron chi connectivity index (χ0n) is 16.2. The van der Waals surface area contributed by atoms with Crippen LogP contribution in [-0.2, 0) is 11.3 Å². The van der Waals surface area contributed by atoms with Gasteiger partial charge in [0.15, 0.2) is 11.4 Å². The summed E-state index contributed by atoms with van der Waals surface area (Å²) in [7, 11) is 0. The summed E-state index contributed by atoms with van der Waals surface area (Å²) in [6.45, 7) is -0.486. The largest absolute Gasteiger partial charge is 0.425 e. The molecule has 0 aliphatic carbocycles. The Hall–Kier alpha value is -4.60. The average molecular weight is 436 g/mol. The molecule has 0 unspecified atom stereocenters. The van der Waals surface area contributed by atoms with Gasteiger partial charge in [0.2, 0.25) is 0 Å². The molecule has 0 N–H and O–H groups in total. The van der Waals surface area contributed by atoms with Gasteiger partial charge in [-0.05, 0) is 54.6 Å². The summed E-state index contributed by atoms with van der Waals surface area (Å²) in [5, 5.41) is 10.8. The quantitative estimate of drug-likeness (QED) is 0.149. The molecule has 10 heteroatoms. The third-order valence-corrected chi connectivity index (χ3v) is 4.60. The van der Waals surface area contributed by atoms with Crippen molar-refractivity contribution in [1.82, 2.24) is 4.57 Å². The lowest BCUT2D eigenvalue weighted by Crippen LogP contribution is -2.23. The zero-order chi connectivity index (χ0) is 22.8. The maximum absolute atomic E-state index is 13.0. The third-order valence-electron chi connectivity index (χ3n) is 4.60. The standard InChI is InChI=1S/C22H13FN2O7/c23-15-5-1-13(2-6-15)21(27)14-3-8-17(9-4-14)31-20(26)12-24-18-10-7-16(25(29)30)11-19(18)32-22(24)28/h1-11H,12H2. The summed E-state index contributed by atoms with van der Waals surface area (Å²) in [6.07, 6.45) is 0. The molecule has 160 valence electrons. The molecule has 0 radical (unpaired) electrons. The molecule has 9 nitrogen and oxygen atoms in total. The summed E-state index contributed by atoms with van der Waals surface area (Å²) < 4.78 is 24.2. The molecule has 0 atom stereocenters. The number of hydrogen-bond donors (Lipinski definition) is 0. The molecule has 0 amide bonds. The topological polar surface area (TPSA) is 122 Å². The SMILES string of the molecule is O=C(Cn1c(=O)oc2cc([N+](=O)[O-])ccc21)Oc1ccc(C(=O)c2ccc(F)cc2)cc1. The number of carbonyl (C=O) groups excluding carboxylic acids is 2. The van der Waals surface area contributed by atoms with Gasteiger partial charge in [0, 0.05) is 17.2 Å². The van der Waals surface area contributed by atoms with Crippen molar-refractivity contribution in [3.8, 4) is 5.75 Å². The molecule has 4 aromatic rings. The van der Waals surface area contributed by atoms with Crippen LogP contribution in [0.5, 0.6) is 5.75 Å². The first-order valence-corrected chi connectivity index (χ1v) is 9.20. The number of aromatic nitrogens is 1. The lowest BCUT2D eigenvalue weighted by atomic mass is 10.0. The maximum Gasteiger partial charge on any atom is 0.420 e. The summed E-state index contributed by atoms with van der Waals surface area (Å²) in [5.41, 5.74) is 0.548. The molecule has 0 fully saturated rings. The van der Waals surface area contributed by atoms with Crippen LogP contribution in [0.3, 0.4) is 0 Å². The fourth-order valence-corrected chi connectivity index (χ4v) is 3.05. The van der Waals surface area contributed by atoms with E-state index in [9.17, 15) is 28.9 Å². The van der Waals surface area contributed by atoms with Crippen molar-refractivity contribution in [3.05, 3.63) is 104 Å². The highest BCUT2D eigenvalue weighted by molar-refractivity contribution is 6.09. The highest BCUT2D eigenvalue weighted by Crippen LogP contribution is 2.21. The van der Waals surface area contributed by atoms with Gasteiger partial charge in [0.05, 0.1) is 16.5 Å². The Labute approximate surface area is 178 Å². The smallest absolute Gasteiger partial charge is 0.420 e. The van der Waals surface area contributed by atoms with Crippen molar-refractivity contribution in [2.75, 3.05) is 0 Å². The summed E-state index contributed by atoms with van der Waals surface area (Å²) >= 11 is 0. The van der Waals surface area contributed by atoms with Crippen molar-refractivity contribution >= 4 is 28.5 Å². The van der Waals surface area contributed by atoms with Crippen LogP contribution in [0.1, 0.15) is 15.9 Å². The van der Waals surface area contributed by atoms with E-state index in [-0.39, 0.29) is 28.3 Å². The van der Waals surface area contributed by atoms with Crippen LogP contribution in [0.15, 0.2) is 75.9 Å². The first kappa shape index (κ1) is 20.7. The lowest BCUT2D eigenvalue weighted by molar-refractivity contribution is -0.384. The number of oxazole rings is 1. The van der Waals surface area contributed by atoms with Crippen molar-refractivity contribution in [2.45, 2.75) is 6.54 Å². The Morgan fingerprint density at radius 3 is 2.25 bits per heavy atom. The molecule has 1 aromatic heterocycles. The van der Waals surface area contributed by atoms with Gasteiger partial charge >= 0.3 is 11.7 Å². The van der Waals surface area contributed by atoms with E-state index in [0.29, 0.717) is 11.1 Å². The minimum atomic E-state index is -0.863. The van der Waals surface area contributed by atoms with Crippen LogP contribution in [0.4, 0.5) is 10.1 Å². The fraction of sp³-hybridized carbons (Fsp3) is 0.0455. The van der Waals surface area contributed by atoms with Gasteiger partial charge in [-0.2, -0.15) is 0 Å². The molecule has 3 aromatic carbocycles. The molecule has 0 aliphatic rings. The van der Waals surface area contributed by atoms with E-state index in [1.54, 1.807) is 0 Å². The second kappa shape index (κ2) is 8.26. The normalized spacial score (nSPS) is 10.8. The van der Waals surface area contributed by atoms with E-state index in [1.807, 2.05) is 0 Å². The summed E-state index contributed by atoms with van der Waals surface area (Å²) in [6, 6.07) is 14.4. The maximum atomic E-state index is 13.0. The van der Waals surface area contributed by atoms with E-state index in [4.69, 9.17) is 9.15 Å². The van der Waals surface area contributed by atoms with E-state index in [1.165, 1.54) is 60.7 Å². The number of ketones is 1. The van der Waals surface area contributed by atoms with Crippen LogP contribution < -0.4 is 10.5 Å². The average Bonchev–Trinajstić information content (AvgIpc) is 3.08. The van der Waals surface area contributed by atoms with E-state index in [0.717, 1.165) is 10.6 Å². The number of carbonyl (C=O) groups is 2. The van der Waals surface area contributed by atoms with Crippen LogP contribution >= 0.6 is 0 Å². The molecule has 0 bridgehead atoms. The molecule has 0 aliphatic heterocycles. The van der Waals surface area contributed by atoms with Gasteiger partial charge in [0.1, 0.15) is 18.1 Å². The number of nitro benzene ring substituents is 1. The van der Waals surface area contributed by atoms with Crippen molar-refractivity contribution in [1.29, 1.82) is 0 Å². The number of rotatable bonds is 6. The Morgan fingerprint density at radius 1 is 1.00 bits per heavy atom. The van der Waals surface area contributed by atoms with Crippen LogP contribution in [0, 0.1) is 15.9 Å². The lowest BCUT2D eigenvalue weighted by Gasteiger charge is -2.06. The van der Waals surface area contributed by atoms with Crippen molar-refractivity contribution in [2.24, 2.45) is 0 Å². The van der Waals surface area contributed by atoms with E-state index >= 15 is 0 Å². The van der Waals surface area contributed by atoms with Gasteiger partial charge in [-0.3, -0.25) is 19.5 Å². The number of hydrogen-bond acceptors (Lipinski definition) is 7. The second-order valence-electron chi connectivity index (χ2n) is 6.70. The number of nitrogens with zero attached hydrogens (tertiary/aromatic N) is 2. The van der Waals surface area contributed by atoms with Gasteiger partial charge in [0.25, 0.3) is 5.69 Å². The van der Waals surface area contributed by atoms with Crippen LogP contribution in [0.25, 0.3) is 11.1 Å². The first-order valence-electron chi connectivity index (χ1n) is 9.20. The number of esters is 1. The third kappa shape index (κ3) is 4.15. The number of halogens is 1. The number of benzene rings is 3. The number of nitro groups is 1. The number of non-ortho nitro benzene ring substituents is 1. The van der Waals surface area contributed by atoms with E-state index in [2.05, 4.69) is 0 Å². The Bertz CT molecular complexity index is 1400. The second-order valence-corrected chi connectivity index (χ2v) is 6.70. The first-order chi connectivity index (χ1) is 15.3. The van der Waals surface area contributed by atoms with Crippen LogP contribution in [-0.4, -0.2) is 21.2 Å². The molecule has 1 heterocycles. The zero-order valence-corrected chi connectivity index (χ0v) is 16.2. The predicted octanol–water partition coefficient (Wildman–Crippen LogP) is 3.48. The molecule has 0 saturated heterocycles. The molecule has 4 rings (SSSR count). The summed E-state index contributed by atoms with van der Waals surface area (Å²) in [4.78, 5) is 47.0. The highest BCUT2D eigenvalue weighted by Gasteiger charge is 2.17. The van der Waals surface area contributed by atoms with Gasteiger partial charge in [-0.25, -0.2) is 14.0 Å². The number of ether oxygens (including phenoxy) is 1. The summed E-state index contributed by atoms with van der Waals surface area (Å²) in [5.74, 6) is -2.29. The van der Waals surface area contributed by atoms with Crippen LogP contribution in [0.2, 0.25) is 0 Å². The monoisotopic (exact) mass is 436 g/mol. The van der Waals surface area contributed by atoms with Crippen molar-refractivity contribution in [3.63, 3.8) is 0 Å². The van der Waals surface area contributed by atoms with Crippen molar-refractivity contribution < 1.29 is 28.1 Å². The van der Waals surface area contributed by atoms with Gasteiger partial charge in [-0.15, -0.1) is 0 Å². The molecule has 0 spiro atoms. The predicted molar refractivity (Wildman–Crippen MR) is 109 cm³/mol. The van der Waals surface area contributed by atoms with Gasteiger partial charge in [-0.1, -0.05) is 0 Å². The Kier molecular flexibility index (Phi) is 5.34. The molecular formula is C22H13FN2O7. The minimum Gasteiger partial charge on any atom is -0.425 e. The molecule has 32 heavy (non-hydrogen) atoms. The molecule has 0 saturated carbocycles. The molecular weight excluding hydrogens is 423 g/mol. The number of fused-ring (bicyclic) bond motifs is 1. The minimum absolute atomic E-state index is 0.0272. The Balaban J connectivity index is 1.47. The Morgan fingerprint density at radius 2 is 1.62 bits per heavy atom.